The van der Waals surface area contributed by atoms with Gasteiger partial charge in [0.2, 0.25) is 5.91 Å². The summed E-state index contributed by atoms with van der Waals surface area (Å²) in [5.74, 6) is -0.0506. The van der Waals surface area contributed by atoms with E-state index in [4.69, 9.17) is 11.6 Å². The van der Waals surface area contributed by atoms with Crippen molar-refractivity contribution in [1.29, 1.82) is 0 Å². The van der Waals surface area contributed by atoms with Gasteiger partial charge in [0.05, 0.1) is 23.2 Å². The molecule has 2 rings (SSSR count). The Labute approximate surface area is 134 Å². The van der Waals surface area contributed by atoms with Crippen LogP contribution in [0.2, 0.25) is 5.15 Å². The molecule has 0 spiro atoms. The van der Waals surface area contributed by atoms with Crippen molar-refractivity contribution in [3.05, 3.63) is 35.1 Å². The molecule has 1 fully saturated rings. The van der Waals surface area contributed by atoms with Crippen molar-refractivity contribution in [1.82, 2.24) is 15.1 Å². The van der Waals surface area contributed by atoms with Gasteiger partial charge >= 0.3 is 0 Å². The lowest BCUT2D eigenvalue weighted by molar-refractivity contribution is -0.116. The maximum Gasteiger partial charge on any atom is 0.244 e. The summed E-state index contributed by atoms with van der Waals surface area (Å²) in [6, 6.07) is -0.243. The number of carbonyl (C=O) groups excluding carboxylic acids is 1. The van der Waals surface area contributed by atoms with Gasteiger partial charge in [-0.15, -0.1) is 6.58 Å². The van der Waals surface area contributed by atoms with E-state index < -0.39 is 9.84 Å². The molecule has 1 amide bonds. The normalized spacial score (nSPS) is 20.4. The van der Waals surface area contributed by atoms with E-state index in [0.29, 0.717) is 29.4 Å². The third-order valence-electron chi connectivity index (χ3n) is 3.45. The van der Waals surface area contributed by atoms with Crippen LogP contribution < -0.4 is 5.32 Å². The summed E-state index contributed by atoms with van der Waals surface area (Å²) in [4.78, 5) is 11.6. The lowest BCUT2D eigenvalue weighted by Gasteiger charge is -2.09. The van der Waals surface area contributed by atoms with Gasteiger partial charge in [-0.1, -0.05) is 17.7 Å². The summed E-state index contributed by atoms with van der Waals surface area (Å²) >= 11 is 6.30. The fourth-order valence-corrected chi connectivity index (χ4v) is 4.39. The van der Waals surface area contributed by atoms with Crippen molar-refractivity contribution >= 4 is 33.4 Å². The van der Waals surface area contributed by atoms with Gasteiger partial charge in [0.15, 0.2) is 9.84 Å². The van der Waals surface area contributed by atoms with E-state index in [0.717, 1.165) is 0 Å². The number of nitrogens with one attached hydrogen (secondary N) is 1. The van der Waals surface area contributed by atoms with E-state index in [1.54, 1.807) is 23.8 Å². The number of hydrogen-bond acceptors (Lipinski definition) is 4. The van der Waals surface area contributed by atoms with Crippen LogP contribution in [0.4, 0.5) is 0 Å². The van der Waals surface area contributed by atoms with Crippen LogP contribution in [0.1, 0.15) is 23.7 Å². The van der Waals surface area contributed by atoms with Crippen molar-refractivity contribution in [2.75, 3.05) is 18.1 Å². The molecule has 1 aliphatic heterocycles. The van der Waals surface area contributed by atoms with E-state index in [9.17, 15) is 13.2 Å². The number of aromatic nitrogens is 2. The highest BCUT2D eigenvalue weighted by Gasteiger charge is 2.31. The number of amides is 1. The zero-order chi connectivity index (χ0) is 16.3. The number of nitrogens with zero attached hydrogens (tertiary/aromatic N) is 2. The quantitative estimate of drug-likeness (QED) is 0.649. The molecule has 22 heavy (non-hydrogen) atoms. The van der Waals surface area contributed by atoms with E-state index in [-0.39, 0.29) is 23.5 Å². The number of halogens is 1. The van der Waals surface area contributed by atoms with Crippen molar-refractivity contribution < 1.29 is 13.2 Å². The molecule has 0 aliphatic carbocycles. The molecule has 6 nitrogen and oxygen atoms in total. The Morgan fingerprint density at radius 3 is 2.91 bits per heavy atom. The van der Waals surface area contributed by atoms with Crippen molar-refractivity contribution in [2.45, 2.75) is 19.4 Å². The summed E-state index contributed by atoms with van der Waals surface area (Å²) < 4.78 is 24.7. The van der Waals surface area contributed by atoms with Gasteiger partial charge in [0.1, 0.15) is 5.15 Å². The van der Waals surface area contributed by atoms with Crippen LogP contribution in [-0.4, -0.2) is 42.2 Å². The Balaban J connectivity index is 2.19. The van der Waals surface area contributed by atoms with Crippen LogP contribution in [0.15, 0.2) is 18.7 Å². The molecular weight excluding hydrogens is 326 g/mol. The average Bonchev–Trinajstić information content (AvgIpc) is 2.94. The minimum atomic E-state index is -3.01. The summed E-state index contributed by atoms with van der Waals surface area (Å²) in [5, 5.41) is 7.29. The first kappa shape index (κ1) is 16.8. The second-order valence-corrected chi connectivity index (χ2v) is 7.75. The predicted octanol–water partition coefficient (Wildman–Crippen LogP) is 1.52. The molecule has 0 unspecified atom stereocenters. The Hall–Kier alpha value is -1.60. The minimum Gasteiger partial charge on any atom is -0.349 e. The third-order valence-corrected chi connectivity index (χ3v) is 5.57. The standard InChI is InChI=1S/C14H18ClN3O3S/c1-3-7-16-13(19)5-4-12-10(2)17-18(14(12)15)11-6-8-22(20,21)9-11/h3-5,11H,1,6-9H2,2H3,(H,16,19)/b5-4+/t11-/m1/s1. The summed E-state index contributed by atoms with van der Waals surface area (Å²) in [6.07, 6.45) is 5.05. The second-order valence-electron chi connectivity index (χ2n) is 5.16. The van der Waals surface area contributed by atoms with Gasteiger partial charge in [0, 0.05) is 18.2 Å². The van der Waals surface area contributed by atoms with Crippen LogP contribution in [-0.2, 0) is 14.6 Å². The van der Waals surface area contributed by atoms with E-state index in [2.05, 4.69) is 17.0 Å². The summed E-state index contributed by atoms with van der Waals surface area (Å²) in [5.41, 5.74) is 1.28. The number of carbonyl (C=O) groups is 1. The Morgan fingerprint density at radius 1 is 1.59 bits per heavy atom. The summed E-state index contributed by atoms with van der Waals surface area (Å²) in [6.45, 7) is 5.67. The van der Waals surface area contributed by atoms with Crippen LogP contribution in [0, 0.1) is 6.92 Å². The average molecular weight is 344 g/mol. The predicted molar refractivity (Wildman–Crippen MR) is 86.5 cm³/mol. The highest BCUT2D eigenvalue weighted by Crippen LogP contribution is 2.30. The zero-order valence-corrected chi connectivity index (χ0v) is 13.8. The van der Waals surface area contributed by atoms with Crippen LogP contribution in [0.5, 0.6) is 0 Å². The molecule has 1 N–H and O–H groups in total. The molecule has 8 heteroatoms. The summed E-state index contributed by atoms with van der Waals surface area (Å²) in [7, 11) is -3.01. The first-order valence-corrected chi connectivity index (χ1v) is 9.06. The minimum absolute atomic E-state index is 0.0524. The number of aryl methyl sites for hydroxylation is 1. The molecule has 0 bridgehead atoms. The maximum atomic E-state index is 11.6. The molecule has 0 saturated carbocycles. The van der Waals surface area contributed by atoms with E-state index >= 15 is 0 Å². The lowest BCUT2D eigenvalue weighted by atomic mass is 10.2. The molecule has 1 atom stereocenters. The number of sulfone groups is 1. The maximum absolute atomic E-state index is 11.6. The molecule has 1 aromatic rings. The first-order valence-electron chi connectivity index (χ1n) is 6.86. The molecule has 0 radical (unpaired) electrons. The van der Waals surface area contributed by atoms with Gasteiger partial charge in [-0.25, -0.2) is 13.1 Å². The molecule has 2 heterocycles. The van der Waals surface area contributed by atoms with Crippen LogP contribution in [0.25, 0.3) is 6.08 Å². The van der Waals surface area contributed by atoms with E-state index in [1.165, 1.54) is 6.08 Å². The molecule has 1 saturated heterocycles. The van der Waals surface area contributed by atoms with Gasteiger partial charge in [-0.2, -0.15) is 5.10 Å². The Kier molecular flexibility index (Phi) is 5.08. The SMILES string of the molecule is C=CCNC(=O)/C=C/c1c(C)nn([C@@H]2CCS(=O)(=O)C2)c1Cl. The molecule has 120 valence electrons. The Bertz CT molecular complexity index is 722. The monoisotopic (exact) mass is 343 g/mol. The van der Waals surface area contributed by atoms with Crippen molar-refractivity contribution in [3.8, 4) is 0 Å². The first-order chi connectivity index (χ1) is 10.3. The lowest BCUT2D eigenvalue weighted by Crippen LogP contribution is -2.20. The highest BCUT2D eigenvalue weighted by atomic mass is 35.5. The highest BCUT2D eigenvalue weighted by molar-refractivity contribution is 7.91. The number of hydrogen-bond donors (Lipinski definition) is 1. The van der Waals surface area contributed by atoms with E-state index in [1.807, 2.05) is 0 Å². The number of rotatable bonds is 5. The van der Waals surface area contributed by atoms with Crippen molar-refractivity contribution in [2.24, 2.45) is 0 Å². The van der Waals surface area contributed by atoms with Gasteiger partial charge < -0.3 is 5.32 Å². The molecule has 1 aromatic heterocycles. The third kappa shape index (κ3) is 3.78. The van der Waals surface area contributed by atoms with Crippen LogP contribution >= 0.6 is 11.6 Å². The molecule has 0 aromatic carbocycles. The zero-order valence-electron chi connectivity index (χ0n) is 12.3. The Morgan fingerprint density at radius 2 is 2.32 bits per heavy atom. The smallest absolute Gasteiger partial charge is 0.244 e. The largest absolute Gasteiger partial charge is 0.349 e. The topological polar surface area (TPSA) is 81.1 Å². The second kappa shape index (κ2) is 6.66. The molecule has 1 aliphatic rings. The fraction of sp³-hybridized carbons (Fsp3) is 0.429. The van der Waals surface area contributed by atoms with Crippen LogP contribution in [0.3, 0.4) is 0 Å². The van der Waals surface area contributed by atoms with Gasteiger partial charge in [0.25, 0.3) is 0 Å². The van der Waals surface area contributed by atoms with Crippen molar-refractivity contribution in [3.63, 3.8) is 0 Å². The van der Waals surface area contributed by atoms with Gasteiger partial charge in [-0.3, -0.25) is 4.79 Å². The fourth-order valence-electron chi connectivity index (χ4n) is 2.32. The van der Waals surface area contributed by atoms with Gasteiger partial charge in [-0.05, 0) is 19.4 Å². The molecular formula is C14H18ClN3O3S.